The van der Waals surface area contributed by atoms with E-state index in [1.807, 2.05) is 0 Å². The molecule has 66 valence electrons. The van der Waals surface area contributed by atoms with Crippen molar-refractivity contribution in [3.8, 4) is 0 Å². The van der Waals surface area contributed by atoms with Gasteiger partial charge in [-0.05, 0) is 0 Å². The Balaban J connectivity index is 3.25. The van der Waals surface area contributed by atoms with Crippen LogP contribution in [0.2, 0.25) is 0 Å². The average Bonchev–Trinajstić information content (AvgIpc) is 2.05. The molecule has 0 saturated carbocycles. The van der Waals surface area contributed by atoms with Crippen LogP contribution in [-0.4, -0.2) is 36.8 Å². The van der Waals surface area contributed by atoms with E-state index >= 15 is 0 Å². The van der Waals surface area contributed by atoms with Crippen molar-refractivity contribution in [3.63, 3.8) is 0 Å². The minimum Gasteiger partial charge on any atom is -0.455 e. The van der Waals surface area contributed by atoms with Crippen LogP contribution in [0.5, 0.6) is 0 Å². The molecule has 0 heterocycles. The average molecular weight is 170 g/mol. The Hall–Kier alpha value is -1.45. The van der Waals surface area contributed by atoms with E-state index in [1.165, 1.54) is 0 Å². The van der Waals surface area contributed by atoms with Crippen molar-refractivity contribution in [2.75, 3.05) is 19.8 Å². The second-order valence-electron chi connectivity index (χ2n) is 1.78. The molecule has 0 aliphatic rings. The second kappa shape index (κ2) is 7.65. The van der Waals surface area contributed by atoms with Gasteiger partial charge in [0.05, 0.1) is 13.2 Å². The third kappa shape index (κ3) is 6.67. The zero-order valence-corrected chi connectivity index (χ0v) is 6.60. The summed E-state index contributed by atoms with van der Waals surface area (Å²) in [6.45, 7) is 4.30. The maximum Gasteiger partial charge on any atom is 0.413 e. The van der Waals surface area contributed by atoms with Crippen molar-refractivity contribution in [1.82, 2.24) is 0 Å². The molecule has 0 saturated heterocycles. The van der Waals surface area contributed by atoms with Gasteiger partial charge in [0.15, 0.2) is 0 Å². The van der Waals surface area contributed by atoms with Crippen molar-refractivity contribution < 1.29 is 19.1 Å². The van der Waals surface area contributed by atoms with Crippen LogP contribution in [0.3, 0.4) is 0 Å². The molecule has 0 unspecified atom stereocenters. The van der Waals surface area contributed by atoms with E-state index in [1.54, 1.807) is 6.08 Å². The normalized spacial score (nSPS) is 8.33. The summed E-state index contributed by atoms with van der Waals surface area (Å²) in [5.41, 5.74) is 7.90. The lowest BCUT2D eigenvalue weighted by molar-refractivity contribution is -0.140. The summed E-state index contributed by atoms with van der Waals surface area (Å²) in [7, 11) is 0. The standard InChI is InChI=1S/C7H10N2O3/c1-2-3-11-4-5-12-7(10)6-9-8/h2,6H,1,3-5H2. The Morgan fingerprint density at radius 3 is 2.92 bits per heavy atom. The molecule has 5 nitrogen and oxygen atoms in total. The molecule has 0 aliphatic heterocycles. The van der Waals surface area contributed by atoms with E-state index in [-0.39, 0.29) is 6.61 Å². The first-order valence-electron chi connectivity index (χ1n) is 3.34. The van der Waals surface area contributed by atoms with Gasteiger partial charge in [0.1, 0.15) is 6.61 Å². The largest absolute Gasteiger partial charge is 0.455 e. The van der Waals surface area contributed by atoms with Gasteiger partial charge in [0.25, 0.3) is 0 Å². The number of carbonyl (C=O) groups excluding carboxylic acids is 1. The molecular formula is C7H10N2O3. The summed E-state index contributed by atoms with van der Waals surface area (Å²) >= 11 is 0. The predicted molar refractivity (Wildman–Crippen MR) is 41.7 cm³/mol. The summed E-state index contributed by atoms with van der Waals surface area (Å²) in [5.74, 6) is -0.695. The first-order valence-corrected chi connectivity index (χ1v) is 3.34. The Kier molecular flexibility index (Phi) is 6.73. The Morgan fingerprint density at radius 1 is 1.58 bits per heavy atom. The van der Waals surface area contributed by atoms with Crippen LogP contribution in [0.4, 0.5) is 0 Å². The molecule has 0 rings (SSSR count). The number of esters is 1. The lowest BCUT2D eigenvalue weighted by Gasteiger charge is -1.99. The van der Waals surface area contributed by atoms with Gasteiger partial charge in [0, 0.05) is 0 Å². The fraction of sp³-hybridized carbons (Fsp3) is 0.429. The molecule has 12 heavy (non-hydrogen) atoms. The molecule has 5 heteroatoms. The van der Waals surface area contributed by atoms with Crippen molar-refractivity contribution in [2.24, 2.45) is 0 Å². The van der Waals surface area contributed by atoms with Crippen molar-refractivity contribution in [1.29, 1.82) is 0 Å². The highest BCUT2D eigenvalue weighted by atomic mass is 16.6. The first kappa shape index (κ1) is 10.6. The van der Waals surface area contributed by atoms with Gasteiger partial charge in [0.2, 0.25) is 0 Å². The van der Waals surface area contributed by atoms with Crippen LogP contribution in [0, 0.1) is 0 Å². The van der Waals surface area contributed by atoms with E-state index in [9.17, 15) is 4.79 Å². The molecule has 0 aromatic heterocycles. The summed E-state index contributed by atoms with van der Waals surface area (Å²) in [6, 6.07) is 0. The highest BCUT2D eigenvalue weighted by molar-refractivity contribution is 6.20. The lowest BCUT2D eigenvalue weighted by atomic mass is 10.7. The van der Waals surface area contributed by atoms with E-state index < -0.39 is 5.97 Å². The van der Waals surface area contributed by atoms with Gasteiger partial charge in [-0.3, -0.25) is 0 Å². The fourth-order valence-corrected chi connectivity index (χ4v) is 0.452. The monoisotopic (exact) mass is 170 g/mol. The summed E-state index contributed by atoms with van der Waals surface area (Å²) in [4.78, 5) is 13.0. The summed E-state index contributed by atoms with van der Waals surface area (Å²) in [6.07, 6.45) is 2.27. The van der Waals surface area contributed by atoms with Gasteiger partial charge in [-0.25, -0.2) is 4.79 Å². The number of rotatable bonds is 6. The number of ether oxygens (including phenoxy) is 2. The van der Waals surface area contributed by atoms with Crippen LogP contribution in [-0.2, 0) is 14.3 Å². The molecule has 0 amide bonds. The Labute approximate surface area is 70.2 Å². The predicted octanol–water partition coefficient (Wildman–Crippen LogP) is 0.0328. The zero-order chi connectivity index (χ0) is 9.23. The fourth-order valence-electron chi connectivity index (χ4n) is 0.452. The third-order valence-electron chi connectivity index (χ3n) is 0.871. The van der Waals surface area contributed by atoms with Crippen molar-refractivity contribution in [3.05, 3.63) is 18.2 Å². The molecular weight excluding hydrogens is 160 g/mol. The molecule has 0 radical (unpaired) electrons. The highest BCUT2D eigenvalue weighted by Gasteiger charge is 2.00. The SMILES string of the molecule is C=CCOCCOC(=O)C=[N+]=[N-]. The number of hydrogen-bond donors (Lipinski definition) is 0. The number of nitrogens with zero attached hydrogens (tertiary/aromatic N) is 2. The molecule has 0 fully saturated rings. The molecule has 0 aromatic carbocycles. The van der Waals surface area contributed by atoms with Crippen LogP contribution >= 0.6 is 0 Å². The van der Waals surface area contributed by atoms with Crippen molar-refractivity contribution in [2.45, 2.75) is 0 Å². The van der Waals surface area contributed by atoms with E-state index in [4.69, 9.17) is 10.3 Å². The minimum absolute atomic E-state index is 0.138. The number of carbonyl (C=O) groups is 1. The topological polar surface area (TPSA) is 71.9 Å². The molecule has 0 N–H and O–H groups in total. The summed E-state index contributed by atoms with van der Waals surface area (Å²) < 4.78 is 9.43. The van der Waals surface area contributed by atoms with Crippen LogP contribution in [0.1, 0.15) is 0 Å². The third-order valence-corrected chi connectivity index (χ3v) is 0.871. The van der Waals surface area contributed by atoms with Gasteiger partial charge in [-0.2, -0.15) is 4.79 Å². The molecule has 0 aliphatic carbocycles. The Morgan fingerprint density at radius 2 is 2.33 bits per heavy atom. The van der Waals surface area contributed by atoms with Gasteiger partial charge in [-0.1, -0.05) is 6.08 Å². The zero-order valence-electron chi connectivity index (χ0n) is 6.60. The van der Waals surface area contributed by atoms with Gasteiger partial charge >= 0.3 is 12.2 Å². The Bertz CT molecular complexity index is 197. The molecule has 0 aromatic rings. The van der Waals surface area contributed by atoms with Gasteiger partial charge < -0.3 is 15.0 Å². The molecule has 0 atom stereocenters. The van der Waals surface area contributed by atoms with Crippen LogP contribution < -0.4 is 0 Å². The van der Waals surface area contributed by atoms with E-state index in [0.717, 1.165) is 0 Å². The minimum atomic E-state index is -0.695. The first-order chi connectivity index (χ1) is 5.81. The smallest absolute Gasteiger partial charge is 0.413 e. The number of hydrogen-bond acceptors (Lipinski definition) is 3. The quantitative estimate of drug-likeness (QED) is 0.141. The van der Waals surface area contributed by atoms with Crippen LogP contribution in [0.15, 0.2) is 12.7 Å². The van der Waals surface area contributed by atoms with Crippen LogP contribution in [0.25, 0.3) is 5.53 Å². The lowest BCUT2D eigenvalue weighted by Crippen LogP contribution is -2.11. The van der Waals surface area contributed by atoms with E-state index in [0.29, 0.717) is 19.4 Å². The molecule has 0 spiro atoms. The maximum atomic E-state index is 10.5. The summed E-state index contributed by atoms with van der Waals surface area (Å²) in [5, 5.41) is 0. The highest BCUT2D eigenvalue weighted by Crippen LogP contribution is 1.78. The van der Waals surface area contributed by atoms with E-state index in [2.05, 4.69) is 16.1 Å². The van der Waals surface area contributed by atoms with Crippen molar-refractivity contribution >= 4 is 12.2 Å². The maximum absolute atomic E-state index is 10.5. The molecule has 0 bridgehead atoms. The van der Waals surface area contributed by atoms with Gasteiger partial charge in [-0.15, -0.1) is 6.58 Å². The second-order valence-corrected chi connectivity index (χ2v) is 1.78.